The third-order valence-electron chi connectivity index (χ3n) is 2.60. The molecule has 0 spiro atoms. The molecule has 1 fully saturated rings. The first-order valence-electron chi connectivity index (χ1n) is 4.71. The summed E-state index contributed by atoms with van der Waals surface area (Å²) in [5, 5.41) is 41.6. The summed E-state index contributed by atoms with van der Waals surface area (Å²) in [5.41, 5.74) is 7.52. The van der Waals surface area contributed by atoms with E-state index in [0.717, 1.165) is 0 Å². The van der Waals surface area contributed by atoms with Gasteiger partial charge in [-0.2, -0.15) is 5.10 Å². The van der Waals surface area contributed by atoms with Crippen molar-refractivity contribution in [3.8, 4) is 0 Å². The molecule has 1 aliphatic rings. The average Bonchev–Trinajstić information content (AvgIpc) is 2.23. The number of aliphatic hydroxyl groups excluding tert-OH is 4. The van der Waals surface area contributed by atoms with Gasteiger partial charge >= 0.3 is 0 Å². The SMILES string of the molecule is C[C@@H]1/C(=N\NC(N)=S)[C@H](O)[C@@H](O)[C@H](O)[C@@H]1O. The summed E-state index contributed by atoms with van der Waals surface area (Å²) in [6, 6.07) is 0. The van der Waals surface area contributed by atoms with Crippen molar-refractivity contribution in [3.63, 3.8) is 0 Å². The molecule has 1 saturated carbocycles. The summed E-state index contributed by atoms with van der Waals surface area (Å²) in [7, 11) is 0. The maximum atomic E-state index is 9.63. The molecule has 92 valence electrons. The van der Waals surface area contributed by atoms with Crippen molar-refractivity contribution in [2.75, 3.05) is 0 Å². The van der Waals surface area contributed by atoms with Gasteiger partial charge in [0, 0.05) is 5.92 Å². The number of hydrogen-bond donors (Lipinski definition) is 6. The first kappa shape index (κ1) is 13.3. The summed E-state index contributed by atoms with van der Waals surface area (Å²) >= 11 is 4.53. The molecule has 16 heavy (non-hydrogen) atoms. The van der Waals surface area contributed by atoms with E-state index >= 15 is 0 Å². The van der Waals surface area contributed by atoms with Crippen LogP contribution in [0.3, 0.4) is 0 Å². The van der Waals surface area contributed by atoms with Crippen LogP contribution in [0.4, 0.5) is 0 Å². The lowest BCUT2D eigenvalue weighted by molar-refractivity contribution is -0.112. The zero-order chi connectivity index (χ0) is 12.5. The Morgan fingerprint density at radius 1 is 1.25 bits per heavy atom. The quantitative estimate of drug-likeness (QED) is 0.220. The summed E-state index contributed by atoms with van der Waals surface area (Å²) in [4.78, 5) is 0. The summed E-state index contributed by atoms with van der Waals surface area (Å²) in [6.45, 7) is 1.56. The van der Waals surface area contributed by atoms with Crippen molar-refractivity contribution >= 4 is 23.0 Å². The summed E-state index contributed by atoms with van der Waals surface area (Å²) < 4.78 is 0. The molecule has 5 atom stereocenters. The Kier molecular flexibility index (Phi) is 4.16. The summed E-state index contributed by atoms with van der Waals surface area (Å²) in [5.74, 6) is -0.616. The molecule has 0 aromatic carbocycles. The minimum Gasteiger partial charge on any atom is -0.390 e. The Labute approximate surface area is 97.6 Å². The second kappa shape index (κ2) is 5.02. The highest BCUT2D eigenvalue weighted by Crippen LogP contribution is 2.23. The molecule has 0 aromatic heterocycles. The standard InChI is InChI=1S/C8H15N3O4S/c1-2-3(10-11-8(9)16)5(13)7(15)6(14)4(2)12/h2,4-7,12-15H,1H3,(H3,9,11,16)/b10-3+/t2-,4-,5+,6-,7-/m1/s1. The van der Waals surface area contributed by atoms with Crippen LogP contribution in [-0.2, 0) is 0 Å². The maximum Gasteiger partial charge on any atom is 0.184 e. The van der Waals surface area contributed by atoms with E-state index in [1.165, 1.54) is 0 Å². The monoisotopic (exact) mass is 249 g/mol. The van der Waals surface area contributed by atoms with E-state index < -0.39 is 30.3 Å². The van der Waals surface area contributed by atoms with E-state index in [9.17, 15) is 20.4 Å². The van der Waals surface area contributed by atoms with Crippen LogP contribution in [-0.4, -0.2) is 55.7 Å². The molecule has 0 amide bonds. The number of aliphatic hydroxyl groups is 4. The van der Waals surface area contributed by atoms with Crippen molar-refractivity contribution in [2.45, 2.75) is 31.3 Å². The van der Waals surface area contributed by atoms with Gasteiger partial charge in [-0.1, -0.05) is 6.92 Å². The van der Waals surface area contributed by atoms with Crippen LogP contribution >= 0.6 is 12.2 Å². The van der Waals surface area contributed by atoms with Gasteiger partial charge in [-0.3, -0.25) is 5.43 Å². The lowest BCUT2D eigenvalue weighted by atomic mass is 9.80. The second-order valence-corrected chi connectivity index (χ2v) is 4.16. The number of nitrogens with zero attached hydrogens (tertiary/aromatic N) is 1. The minimum atomic E-state index is -1.49. The molecule has 8 heteroatoms. The number of thiocarbonyl (C=S) groups is 1. The molecular formula is C8H15N3O4S. The zero-order valence-corrected chi connectivity index (χ0v) is 9.42. The van der Waals surface area contributed by atoms with E-state index in [4.69, 9.17) is 5.73 Å². The van der Waals surface area contributed by atoms with Crippen LogP contribution in [0.2, 0.25) is 0 Å². The molecule has 1 rings (SSSR count). The molecule has 0 bridgehead atoms. The highest BCUT2D eigenvalue weighted by molar-refractivity contribution is 7.80. The molecule has 1 aliphatic carbocycles. The number of hydrazone groups is 1. The van der Waals surface area contributed by atoms with Gasteiger partial charge in [0.2, 0.25) is 0 Å². The van der Waals surface area contributed by atoms with E-state index in [-0.39, 0.29) is 10.8 Å². The number of rotatable bonds is 1. The Morgan fingerprint density at radius 2 is 1.81 bits per heavy atom. The van der Waals surface area contributed by atoms with Crippen LogP contribution in [0.25, 0.3) is 0 Å². The van der Waals surface area contributed by atoms with Crippen molar-refractivity contribution in [3.05, 3.63) is 0 Å². The molecular weight excluding hydrogens is 234 g/mol. The fraction of sp³-hybridized carbons (Fsp3) is 0.750. The highest BCUT2D eigenvalue weighted by atomic mass is 32.1. The Hall–Kier alpha value is -0.800. The van der Waals surface area contributed by atoms with Gasteiger partial charge in [0.05, 0.1) is 11.8 Å². The number of hydrogen-bond acceptors (Lipinski definition) is 6. The Morgan fingerprint density at radius 3 is 2.31 bits per heavy atom. The van der Waals surface area contributed by atoms with E-state index in [0.29, 0.717) is 0 Å². The second-order valence-electron chi connectivity index (χ2n) is 3.72. The van der Waals surface area contributed by atoms with Crippen LogP contribution < -0.4 is 11.2 Å². The largest absolute Gasteiger partial charge is 0.390 e. The van der Waals surface area contributed by atoms with Crippen LogP contribution in [0, 0.1) is 5.92 Å². The molecule has 0 saturated heterocycles. The molecule has 0 heterocycles. The third-order valence-corrected chi connectivity index (χ3v) is 2.69. The predicted octanol–water partition coefficient (Wildman–Crippen LogP) is -2.73. The van der Waals surface area contributed by atoms with Gasteiger partial charge in [0.15, 0.2) is 5.11 Å². The molecule has 0 aromatic rings. The van der Waals surface area contributed by atoms with Crippen molar-refractivity contribution in [1.82, 2.24) is 5.43 Å². The topological polar surface area (TPSA) is 131 Å². The molecule has 0 aliphatic heterocycles. The van der Waals surface area contributed by atoms with Gasteiger partial charge in [-0.25, -0.2) is 0 Å². The molecule has 0 radical (unpaired) electrons. The van der Waals surface area contributed by atoms with E-state index in [1.807, 2.05) is 0 Å². The fourth-order valence-corrected chi connectivity index (χ4v) is 1.64. The molecule has 7 N–H and O–H groups in total. The van der Waals surface area contributed by atoms with Gasteiger partial charge in [-0.15, -0.1) is 0 Å². The van der Waals surface area contributed by atoms with E-state index in [1.54, 1.807) is 6.92 Å². The normalized spacial score (nSPS) is 42.1. The Balaban J connectivity index is 2.90. The van der Waals surface area contributed by atoms with Crippen molar-refractivity contribution in [1.29, 1.82) is 0 Å². The average molecular weight is 249 g/mol. The van der Waals surface area contributed by atoms with Gasteiger partial charge < -0.3 is 26.2 Å². The van der Waals surface area contributed by atoms with Crippen molar-refractivity contribution in [2.24, 2.45) is 16.8 Å². The summed E-state index contributed by atoms with van der Waals surface area (Å²) in [6.07, 6.45) is -5.47. The van der Waals surface area contributed by atoms with Gasteiger partial charge in [0.25, 0.3) is 0 Å². The highest BCUT2D eigenvalue weighted by Gasteiger charge is 2.44. The predicted molar refractivity (Wildman–Crippen MR) is 60.5 cm³/mol. The molecule has 7 nitrogen and oxygen atoms in total. The fourth-order valence-electron chi connectivity index (χ4n) is 1.59. The van der Waals surface area contributed by atoms with Crippen LogP contribution in [0.1, 0.15) is 6.92 Å². The first-order valence-corrected chi connectivity index (χ1v) is 5.12. The first-order chi connectivity index (χ1) is 7.36. The number of nitrogens with one attached hydrogen (secondary N) is 1. The lowest BCUT2D eigenvalue weighted by Gasteiger charge is -2.37. The van der Waals surface area contributed by atoms with Crippen molar-refractivity contribution < 1.29 is 20.4 Å². The molecule has 0 unspecified atom stereocenters. The zero-order valence-electron chi connectivity index (χ0n) is 8.61. The van der Waals surface area contributed by atoms with Gasteiger partial charge in [0.1, 0.15) is 18.3 Å². The van der Waals surface area contributed by atoms with Crippen LogP contribution in [0.5, 0.6) is 0 Å². The number of nitrogens with two attached hydrogens (primary N) is 1. The van der Waals surface area contributed by atoms with Gasteiger partial charge in [-0.05, 0) is 12.2 Å². The lowest BCUT2D eigenvalue weighted by Crippen LogP contribution is -2.58. The van der Waals surface area contributed by atoms with E-state index in [2.05, 4.69) is 22.7 Å². The smallest absolute Gasteiger partial charge is 0.184 e. The maximum absolute atomic E-state index is 9.63. The minimum absolute atomic E-state index is 0.0954. The third kappa shape index (κ3) is 2.47. The Bertz CT molecular complexity index is 294. The van der Waals surface area contributed by atoms with Crippen LogP contribution in [0.15, 0.2) is 5.10 Å².